The van der Waals surface area contributed by atoms with Crippen LogP contribution in [0.3, 0.4) is 0 Å². The summed E-state index contributed by atoms with van der Waals surface area (Å²) in [7, 11) is 0. The van der Waals surface area contributed by atoms with Gasteiger partial charge >= 0.3 is 12.1 Å². The molecule has 0 saturated carbocycles. The molecule has 0 bridgehead atoms. The molecule has 126 valence electrons. The van der Waals surface area contributed by atoms with E-state index >= 15 is 0 Å². The predicted molar refractivity (Wildman–Crippen MR) is 96.3 cm³/mol. The monoisotopic (exact) mass is 353 g/mol. The first-order chi connectivity index (χ1) is 12.1. The number of benzene rings is 1. The highest BCUT2D eigenvalue weighted by molar-refractivity contribution is 7.08. The molecular weight excluding hydrogens is 338 g/mol. The van der Waals surface area contributed by atoms with E-state index < -0.39 is 12.1 Å². The number of nitrogens with one attached hydrogen (secondary N) is 3. The molecule has 4 amide bonds. The normalized spacial score (nSPS) is 17.3. The van der Waals surface area contributed by atoms with Crippen LogP contribution in [0.2, 0.25) is 0 Å². The maximum Gasteiger partial charge on any atom is 0.334 e. The number of allylic oxidation sites excluding steroid dienone is 1. The van der Waals surface area contributed by atoms with E-state index in [9.17, 15) is 9.59 Å². The topological polar surface area (TPSA) is 90.1 Å². The lowest BCUT2D eigenvalue weighted by molar-refractivity contribution is 0.199. The van der Waals surface area contributed by atoms with Crippen molar-refractivity contribution < 1.29 is 9.59 Å². The fourth-order valence-corrected chi connectivity index (χ4v) is 3.50. The molecular formula is C17H15N5O2S. The average Bonchev–Trinajstić information content (AvgIpc) is 3.25. The lowest BCUT2D eigenvalue weighted by Crippen LogP contribution is -2.48. The lowest BCUT2D eigenvalue weighted by Gasteiger charge is -2.30. The van der Waals surface area contributed by atoms with Crippen molar-refractivity contribution in [1.82, 2.24) is 20.4 Å². The van der Waals surface area contributed by atoms with Crippen LogP contribution in [0.25, 0.3) is 10.9 Å². The number of aromatic amines is 1. The number of nitrogens with zero attached hydrogens (tertiary/aromatic N) is 2. The molecule has 1 unspecified atom stereocenters. The minimum Gasteiger partial charge on any atom is -0.327 e. The maximum atomic E-state index is 12.5. The number of imide groups is 1. The molecule has 3 aromatic rings. The molecule has 3 N–H and O–H groups in total. The van der Waals surface area contributed by atoms with Gasteiger partial charge in [0.2, 0.25) is 0 Å². The van der Waals surface area contributed by atoms with E-state index in [-0.39, 0.29) is 6.04 Å². The van der Waals surface area contributed by atoms with Crippen LogP contribution in [0.1, 0.15) is 18.5 Å². The maximum absolute atomic E-state index is 12.5. The third-order valence-electron chi connectivity index (χ3n) is 4.04. The predicted octanol–water partition coefficient (Wildman–Crippen LogP) is 3.83. The first-order valence-electron chi connectivity index (χ1n) is 7.67. The number of carbonyl (C=O) groups is 2. The summed E-state index contributed by atoms with van der Waals surface area (Å²) in [5, 5.41) is 17.2. The first kappa shape index (κ1) is 15.4. The zero-order valence-corrected chi connectivity index (χ0v) is 14.1. The zero-order valence-electron chi connectivity index (χ0n) is 13.3. The van der Waals surface area contributed by atoms with Crippen molar-refractivity contribution in [3.05, 3.63) is 58.6 Å². The SMILES string of the molecule is CC1=CC(c2ccsc2)NC(=O)N1C(=O)Nc1ccc2[nH]ncc2c1. The highest BCUT2D eigenvalue weighted by atomic mass is 32.1. The van der Waals surface area contributed by atoms with Crippen molar-refractivity contribution in [3.8, 4) is 0 Å². The van der Waals surface area contributed by atoms with Gasteiger partial charge in [0.05, 0.1) is 17.8 Å². The second-order valence-corrected chi connectivity index (χ2v) is 6.51. The molecule has 1 aliphatic heterocycles. The molecule has 2 aromatic heterocycles. The lowest BCUT2D eigenvalue weighted by atomic mass is 10.1. The minimum atomic E-state index is -0.502. The highest BCUT2D eigenvalue weighted by Crippen LogP contribution is 2.25. The van der Waals surface area contributed by atoms with Gasteiger partial charge in [0.1, 0.15) is 0 Å². The molecule has 25 heavy (non-hydrogen) atoms. The summed E-state index contributed by atoms with van der Waals surface area (Å²) in [6.45, 7) is 1.75. The summed E-state index contributed by atoms with van der Waals surface area (Å²) in [5.74, 6) is 0. The summed E-state index contributed by atoms with van der Waals surface area (Å²) in [5.41, 5.74) is 3.06. The van der Waals surface area contributed by atoms with Crippen molar-refractivity contribution in [1.29, 1.82) is 0 Å². The third kappa shape index (κ3) is 2.87. The quantitative estimate of drug-likeness (QED) is 0.654. The third-order valence-corrected chi connectivity index (χ3v) is 4.74. The molecule has 0 radical (unpaired) electrons. The van der Waals surface area contributed by atoms with Crippen LogP contribution in [0.15, 0.2) is 53.0 Å². The average molecular weight is 353 g/mol. The number of amides is 4. The Bertz CT molecular complexity index is 976. The van der Waals surface area contributed by atoms with Crippen molar-refractivity contribution in [3.63, 3.8) is 0 Å². The number of carbonyl (C=O) groups excluding carboxylic acids is 2. The van der Waals surface area contributed by atoms with E-state index in [4.69, 9.17) is 0 Å². The van der Waals surface area contributed by atoms with Gasteiger partial charge in [0, 0.05) is 16.8 Å². The van der Waals surface area contributed by atoms with Crippen LogP contribution in [0.4, 0.5) is 15.3 Å². The van der Waals surface area contributed by atoms with E-state index in [1.54, 1.807) is 36.6 Å². The number of aromatic nitrogens is 2. The number of thiophene rings is 1. The molecule has 1 aliphatic rings. The first-order valence-corrected chi connectivity index (χ1v) is 8.61. The van der Waals surface area contributed by atoms with Crippen LogP contribution < -0.4 is 10.6 Å². The second kappa shape index (κ2) is 6.06. The molecule has 0 spiro atoms. The summed E-state index contributed by atoms with van der Waals surface area (Å²) in [4.78, 5) is 26.1. The van der Waals surface area contributed by atoms with Crippen molar-refractivity contribution in [2.75, 3.05) is 5.32 Å². The number of hydrogen-bond donors (Lipinski definition) is 3. The fourth-order valence-electron chi connectivity index (χ4n) is 2.80. The van der Waals surface area contributed by atoms with E-state index in [1.807, 2.05) is 29.0 Å². The Labute approximate surface area is 147 Å². The van der Waals surface area contributed by atoms with Crippen LogP contribution in [-0.4, -0.2) is 27.2 Å². The molecule has 0 aliphatic carbocycles. The van der Waals surface area contributed by atoms with Gasteiger partial charge < -0.3 is 10.6 Å². The Kier molecular flexibility index (Phi) is 3.73. The number of hydrogen-bond acceptors (Lipinski definition) is 4. The highest BCUT2D eigenvalue weighted by Gasteiger charge is 2.30. The largest absolute Gasteiger partial charge is 0.334 e. The van der Waals surface area contributed by atoms with Crippen LogP contribution in [-0.2, 0) is 0 Å². The van der Waals surface area contributed by atoms with Gasteiger partial charge in [-0.3, -0.25) is 5.10 Å². The molecule has 8 heteroatoms. The van der Waals surface area contributed by atoms with Gasteiger partial charge in [-0.05, 0) is 53.6 Å². The molecule has 1 aromatic carbocycles. The summed E-state index contributed by atoms with van der Waals surface area (Å²) >= 11 is 1.57. The second-order valence-electron chi connectivity index (χ2n) is 5.73. The Morgan fingerprint density at radius 3 is 3.00 bits per heavy atom. The molecule has 4 rings (SSSR count). The van der Waals surface area contributed by atoms with Gasteiger partial charge in [0.15, 0.2) is 0 Å². The fraction of sp³-hybridized carbons (Fsp3) is 0.118. The van der Waals surface area contributed by atoms with Gasteiger partial charge in [-0.25, -0.2) is 14.5 Å². The Morgan fingerprint density at radius 1 is 1.36 bits per heavy atom. The number of rotatable bonds is 2. The molecule has 1 atom stereocenters. The molecule has 3 heterocycles. The van der Waals surface area contributed by atoms with Crippen LogP contribution in [0.5, 0.6) is 0 Å². The van der Waals surface area contributed by atoms with Crippen molar-refractivity contribution in [2.24, 2.45) is 0 Å². The number of anilines is 1. The van der Waals surface area contributed by atoms with Crippen molar-refractivity contribution >= 4 is 40.0 Å². The molecule has 0 fully saturated rings. The van der Waals surface area contributed by atoms with E-state index in [0.29, 0.717) is 11.4 Å². The summed E-state index contributed by atoms with van der Waals surface area (Å²) < 4.78 is 0. The Hall–Kier alpha value is -3.13. The standard InChI is InChI=1S/C17H15N5O2S/c1-10-6-15(11-4-5-25-9-11)20-17(24)22(10)16(23)19-13-2-3-14-12(7-13)8-18-21-14/h2-9,15H,1H3,(H,18,21)(H,19,23)(H,20,24). The molecule has 0 saturated heterocycles. The van der Waals surface area contributed by atoms with Gasteiger partial charge in [0.25, 0.3) is 0 Å². The van der Waals surface area contributed by atoms with Gasteiger partial charge in [-0.15, -0.1) is 0 Å². The minimum absolute atomic E-state index is 0.218. The van der Waals surface area contributed by atoms with E-state index in [0.717, 1.165) is 21.4 Å². The summed E-state index contributed by atoms with van der Waals surface area (Å²) in [6.07, 6.45) is 3.54. The van der Waals surface area contributed by atoms with Gasteiger partial charge in [-0.1, -0.05) is 0 Å². The number of fused-ring (bicyclic) bond motifs is 1. The Morgan fingerprint density at radius 2 is 2.24 bits per heavy atom. The van der Waals surface area contributed by atoms with E-state index in [1.165, 1.54) is 0 Å². The molecule has 7 nitrogen and oxygen atoms in total. The van der Waals surface area contributed by atoms with Crippen LogP contribution >= 0.6 is 11.3 Å². The zero-order chi connectivity index (χ0) is 17.4. The van der Waals surface area contributed by atoms with Gasteiger partial charge in [-0.2, -0.15) is 16.4 Å². The number of H-pyrrole nitrogens is 1. The number of urea groups is 2. The summed E-state index contributed by atoms with van der Waals surface area (Å²) in [6, 6.07) is 6.17. The Balaban J connectivity index is 1.55. The van der Waals surface area contributed by atoms with Crippen molar-refractivity contribution in [2.45, 2.75) is 13.0 Å². The van der Waals surface area contributed by atoms with E-state index in [2.05, 4.69) is 20.8 Å². The smallest absolute Gasteiger partial charge is 0.327 e. The van der Waals surface area contributed by atoms with Crippen LogP contribution in [0, 0.1) is 0 Å².